The van der Waals surface area contributed by atoms with E-state index in [1.165, 1.54) is 6.42 Å². The van der Waals surface area contributed by atoms with Crippen LogP contribution in [0.5, 0.6) is 0 Å². The summed E-state index contributed by atoms with van der Waals surface area (Å²) in [6.45, 7) is 12.7. The molecule has 1 fully saturated rings. The SMILES string of the molecule is CC(C)(C)OC(=O)N(CCCc1nnc(CNC(=O)OCc2ccccc2)o1)CCCN(C(=O)OC(C)(C)C)C1CCCCC1. The molecular weight excluding hydrogens is 578 g/mol. The molecule has 12 heteroatoms. The van der Waals surface area contributed by atoms with Crippen LogP contribution < -0.4 is 5.32 Å². The summed E-state index contributed by atoms with van der Waals surface area (Å²) in [5, 5.41) is 10.7. The minimum Gasteiger partial charge on any atom is -0.445 e. The number of ether oxygens (including phenoxy) is 3. The first-order chi connectivity index (χ1) is 21.3. The Morgan fingerprint density at radius 2 is 1.47 bits per heavy atom. The van der Waals surface area contributed by atoms with Gasteiger partial charge in [0, 0.05) is 32.1 Å². The Kier molecular flexibility index (Phi) is 13.5. The summed E-state index contributed by atoms with van der Waals surface area (Å²) in [6, 6.07) is 9.54. The normalized spacial score (nSPS) is 14.0. The van der Waals surface area contributed by atoms with Crippen molar-refractivity contribution >= 4 is 18.3 Å². The average molecular weight is 630 g/mol. The number of carbonyl (C=O) groups is 3. The first-order valence-electron chi connectivity index (χ1n) is 16.0. The number of hydrogen-bond donors (Lipinski definition) is 1. The molecule has 45 heavy (non-hydrogen) atoms. The summed E-state index contributed by atoms with van der Waals surface area (Å²) in [4.78, 5) is 41.7. The second kappa shape index (κ2) is 17.0. The molecule has 0 radical (unpaired) electrons. The predicted octanol–water partition coefficient (Wildman–Crippen LogP) is 6.63. The maximum atomic E-state index is 13.1. The summed E-state index contributed by atoms with van der Waals surface area (Å²) in [5.74, 6) is 0.664. The van der Waals surface area contributed by atoms with Crippen LogP contribution in [0.15, 0.2) is 34.7 Å². The second-order valence-corrected chi connectivity index (χ2v) is 13.4. The summed E-state index contributed by atoms with van der Waals surface area (Å²) in [5.41, 5.74) is -0.336. The number of nitrogens with one attached hydrogen (secondary N) is 1. The van der Waals surface area contributed by atoms with Crippen molar-refractivity contribution in [2.45, 2.75) is 123 Å². The van der Waals surface area contributed by atoms with Gasteiger partial charge in [-0.05, 0) is 72.8 Å². The van der Waals surface area contributed by atoms with E-state index in [-0.39, 0.29) is 31.2 Å². The van der Waals surface area contributed by atoms with E-state index in [0.717, 1.165) is 31.2 Å². The zero-order valence-electron chi connectivity index (χ0n) is 27.8. The molecule has 0 saturated heterocycles. The molecule has 250 valence electrons. The van der Waals surface area contributed by atoms with E-state index < -0.39 is 23.4 Å². The molecule has 3 amide bonds. The summed E-state index contributed by atoms with van der Waals surface area (Å²) in [7, 11) is 0. The van der Waals surface area contributed by atoms with E-state index in [2.05, 4.69) is 15.5 Å². The van der Waals surface area contributed by atoms with Gasteiger partial charge in [0.05, 0.1) is 6.54 Å². The van der Waals surface area contributed by atoms with Crippen LogP contribution in [0, 0.1) is 0 Å². The topological polar surface area (TPSA) is 136 Å². The molecular formula is C33H51N5O7. The Balaban J connectivity index is 1.50. The van der Waals surface area contributed by atoms with E-state index in [0.29, 0.717) is 44.8 Å². The maximum Gasteiger partial charge on any atom is 0.410 e. The minimum absolute atomic E-state index is 0.0415. The van der Waals surface area contributed by atoms with Crippen molar-refractivity contribution in [3.63, 3.8) is 0 Å². The summed E-state index contributed by atoms with van der Waals surface area (Å²) in [6.07, 6.45) is 5.60. The number of carbonyl (C=O) groups excluding carboxylic acids is 3. The van der Waals surface area contributed by atoms with Gasteiger partial charge in [-0.15, -0.1) is 10.2 Å². The fourth-order valence-electron chi connectivity index (χ4n) is 4.99. The maximum absolute atomic E-state index is 13.1. The highest BCUT2D eigenvalue weighted by molar-refractivity contribution is 5.69. The highest BCUT2D eigenvalue weighted by Gasteiger charge is 2.30. The van der Waals surface area contributed by atoms with Crippen LogP contribution in [-0.4, -0.2) is 75.2 Å². The van der Waals surface area contributed by atoms with E-state index in [4.69, 9.17) is 18.6 Å². The Hall–Kier alpha value is -3.83. The van der Waals surface area contributed by atoms with Gasteiger partial charge in [-0.25, -0.2) is 14.4 Å². The van der Waals surface area contributed by atoms with Crippen LogP contribution >= 0.6 is 0 Å². The lowest BCUT2D eigenvalue weighted by atomic mass is 9.94. The number of nitrogens with zero attached hydrogens (tertiary/aromatic N) is 4. The molecule has 1 aliphatic rings. The van der Waals surface area contributed by atoms with Crippen molar-refractivity contribution in [3.8, 4) is 0 Å². The zero-order valence-corrected chi connectivity index (χ0v) is 27.8. The van der Waals surface area contributed by atoms with Crippen LogP contribution in [0.4, 0.5) is 14.4 Å². The molecule has 0 bridgehead atoms. The molecule has 1 N–H and O–H groups in total. The van der Waals surface area contributed by atoms with Gasteiger partial charge in [-0.3, -0.25) is 0 Å². The quantitative estimate of drug-likeness (QED) is 0.242. The standard InChI is InChI=1S/C33H51N5O7/c1-32(2,3)44-30(40)37(21-14-22-38(26-17-11-8-12-18-26)31(41)45-33(4,5)6)20-13-19-27-35-36-28(43-27)23-34-29(39)42-24-25-15-9-7-10-16-25/h7,9-10,15-16,26H,8,11-14,17-24H2,1-6H3,(H,34,39). The van der Waals surface area contributed by atoms with E-state index in [1.807, 2.05) is 76.8 Å². The van der Waals surface area contributed by atoms with Gasteiger partial charge < -0.3 is 33.7 Å². The van der Waals surface area contributed by atoms with Crippen molar-refractivity contribution in [1.82, 2.24) is 25.3 Å². The number of benzene rings is 1. The number of alkyl carbamates (subject to hydrolysis) is 1. The molecule has 12 nitrogen and oxygen atoms in total. The largest absolute Gasteiger partial charge is 0.445 e. The van der Waals surface area contributed by atoms with Gasteiger partial charge in [0.1, 0.15) is 17.8 Å². The predicted molar refractivity (Wildman–Crippen MR) is 168 cm³/mol. The van der Waals surface area contributed by atoms with Crippen LogP contribution in [0.3, 0.4) is 0 Å². The van der Waals surface area contributed by atoms with Crippen molar-refractivity contribution in [3.05, 3.63) is 47.7 Å². The Morgan fingerprint density at radius 3 is 2.13 bits per heavy atom. The molecule has 1 saturated carbocycles. The highest BCUT2D eigenvalue weighted by Crippen LogP contribution is 2.25. The molecule has 1 aromatic heterocycles. The van der Waals surface area contributed by atoms with Crippen molar-refractivity contribution in [2.75, 3.05) is 19.6 Å². The molecule has 1 aromatic carbocycles. The first kappa shape index (κ1) is 35.6. The number of aromatic nitrogens is 2. The van der Waals surface area contributed by atoms with E-state index in [9.17, 15) is 14.4 Å². The van der Waals surface area contributed by atoms with Crippen molar-refractivity contribution in [1.29, 1.82) is 0 Å². The van der Waals surface area contributed by atoms with E-state index >= 15 is 0 Å². The van der Waals surface area contributed by atoms with Crippen LogP contribution in [-0.2, 0) is 33.8 Å². The smallest absolute Gasteiger partial charge is 0.410 e. The van der Waals surface area contributed by atoms with Gasteiger partial charge in [-0.2, -0.15) is 0 Å². The third-order valence-electron chi connectivity index (χ3n) is 7.05. The molecule has 0 spiro atoms. The lowest BCUT2D eigenvalue weighted by Crippen LogP contribution is -2.46. The van der Waals surface area contributed by atoms with Gasteiger partial charge >= 0.3 is 18.3 Å². The summed E-state index contributed by atoms with van der Waals surface area (Å²) >= 11 is 0. The zero-order chi connectivity index (χ0) is 32.9. The molecule has 1 heterocycles. The van der Waals surface area contributed by atoms with Gasteiger partial charge in [0.25, 0.3) is 0 Å². The minimum atomic E-state index is -0.642. The molecule has 3 rings (SSSR count). The molecule has 0 aliphatic heterocycles. The fraction of sp³-hybridized carbons (Fsp3) is 0.667. The highest BCUT2D eigenvalue weighted by atomic mass is 16.6. The third kappa shape index (κ3) is 13.8. The molecule has 0 unspecified atom stereocenters. The Labute approximate surface area is 267 Å². The Morgan fingerprint density at radius 1 is 0.844 bits per heavy atom. The van der Waals surface area contributed by atoms with E-state index in [1.54, 1.807) is 4.90 Å². The number of aryl methyl sites for hydroxylation is 1. The van der Waals surface area contributed by atoms with Crippen LogP contribution in [0.2, 0.25) is 0 Å². The van der Waals surface area contributed by atoms with Crippen molar-refractivity contribution < 1.29 is 33.0 Å². The fourth-order valence-corrected chi connectivity index (χ4v) is 4.99. The van der Waals surface area contributed by atoms with Crippen LogP contribution in [0.1, 0.15) is 104 Å². The molecule has 2 aromatic rings. The molecule has 0 atom stereocenters. The average Bonchev–Trinajstić information content (AvgIpc) is 3.43. The summed E-state index contributed by atoms with van der Waals surface area (Å²) < 4.78 is 22.3. The second-order valence-electron chi connectivity index (χ2n) is 13.4. The monoisotopic (exact) mass is 629 g/mol. The van der Waals surface area contributed by atoms with Crippen LogP contribution in [0.25, 0.3) is 0 Å². The lowest BCUT2D eigenvalue weighted by molar-refractivity contribution is 0.00996. The van der Waals surface area contributed by atoms with Gasteiger partial charge in [0.15, 0.2) is 0 Å². The van der Waals surface area contributed by atoms with Gasteiger partial charge in [-0.1, -0.05) is 49.6 Å². The third-order valence-corrected chi connectivity index (χ3v) is 7.05. The number of rotatable bonds is 13. The molecule has 1 aliphatic carbocycles. The lowest BCUT2D eigenvalue weighted by Gasteiger charge is -2.36. The first-order valence-corrected chi connectivity index (χ1v) is 16.0. The number of amides is 3. The van der Waals surface area contributed by atoms with Gasteiger partial charge in [0.2, 0.25) is 11.8 Å². The number of hydrogen-bond acceptors (Lipinski definition) is 9. The Bertz CT molecular complexity index is 1200. The van der Waals surface area contributed by atoms with Crippen molar-refractivity contribution in [2.24, 2.45) is 0 Å².